The summed E-state index contributed by atoms with van der Waals surface area (Å²) in [4.78, 5) is 15.6. The summed E-state index contributed by atoms with van der Waals surface area (Å²) in [6, 6.07) is 3.35. The highest BCUT2D eigenvalue weighted by Gasteiger charge is 2.07. The molecule has 0 aliphatic heterocycles. The van der Waals surface area contributed by atoms with Crippen LogP contribution in [0.1, 0.15) is 30.6 Å². The summed E-state index contributed by atoms with van der Waals surface area (Å²) in [5.41, 5.74) is 7.21. The van der Waals surface area contributed by atoms with Gasteiger partial charge in [-0.2, -0.15) is 0 Å². The first kappa shape index (κ1) is 14.0. The predicted octanol–water partition coefficient (Wildman–Crippen LogP) is 2.31. The summed E-state index contributed by atoms with van der Waals surface area (Å²) in [6.07, 6.45) is 8.58. The number of rotatable bonds is 5. The van der Waals surface area contributed by atoms with Crippen LogP contribution >= 0.6 is 0 Å². The van der Waals surface area contributed by atoms with E-state index in [1.54, 1.807) is 18.3 Å². The lowest BCUT2D eigenvalue weighted by Gasteiger charge is -2.04. The second kappa shape index (κ2) is 7.27. The number of anilines is 1. The molecule has 18 heavy (non-hydrogen) atoms. The summed E-state index contributed by atoms with van der Waals surface area (Å²) < 4.78 is 0. The number of hydrogen-bond acceptors (Lipinski definition) is 3. The molecule has 1 aromatic heterocycles. The number of allylic oxidation sites excluding steroid dienone is 3. The van der Waals surface area contributed by atoms with Crippen molar-refractivity contribution in [1.82, 2.24) is 10.3 Å². The van der Waals surface area contributed by atoms with Gasteiger partial charge in [0.15, 0.2) is 0 Å². The van der Waals surface area contributed by atoms with E-state index in [2.05, 4.69) is 23.3 Å². The largest absolute Gasteiger partial charge is 0.383 e. The summed E-state index contributed by atoms with van der Waals surface area (Å²) in [5, 5.41) is 2.76. The van der Waals surface area contributed by atoms with Gasteiger partial charge in [0.1, 0.15) is 5.82 Å². The zero-order valence-electron chi connectivity index (χ0n) is 10.8. The van der Waals surface area contributed by atoms with Crippen LogP contribution in [0.3, 0.4) is 0 Å². The molecule has 1 aromatic rings. The van der Waals surface area contributed by atoms with Crippen molar-refractivity contribution in [3.05, 3.63) is 47.7 Å². The van der Waals surface area contributed by atoms with Crippen molar-refractivity contribution >= 4 is 11.7 Å². The Morgan fingerprint density at radius 1 is 1.56 bits per heavy atom. The van der Waals surface area contributed by atoms with Gasteiger partial charge in [0.25, 0.3) is 5.91 Å². The molecule has 0 spiro atoms. The molecule has 0 saturated heterocycles. The van der Waals surface area contributed by atoms with Crippen LogP contribution in [0, 0.1) is 0 Å². The molecule has 0 aliphatic carbocycles. The molecule has 0 atom stereocenters. The molecule has 4 nitrogen and oxygen atoms in total. The molecule has 0 fully saturated rings. The first-order valence-corrected chi connectivity index (χ1v) is 5.97. The Morgan fingerprint density at radius 3 is 3.00 bits per heavy atom. The maximum Gasteiger partial charge on any atom is 0.255 e. The molecule has 4 heteroatoms. The van der Waals surface area contributed by atoms with Gasteiger partial charge in [0, 0.05) is 12.7 Å². The van der Waals surface area contributed by atoms with Crippen LogP contribution in [0.15, 0.2) is 42.1 Å². The van der Waals surface area contributed by atoms with E-state index in [1.165, 1.54) is 5.57 Å². The highest BCUT2D eigenvalue weighted by Crippen LogP contribution is 2.05. The number of aromatic nitrogens is 1. The zero-order chi connectivity index (χ0) is 13.4. The maximum absolute atomic E-state index is 11.8. The summed E-state index contributed by atoms with van der Waals surface area (Å²) in [6.45, 7) is 4.59. The van der Waals surface area contributed by atoms with Crippen molar-refractivity contribution in [3.8, 4) is 0 Å². The molecule has 0 radical (unpaired) electrons. The first-order valence-electron chi connectivity index (χ1n) is 5.97. The fourth-order valence-electron chi connectivity index (χ4n) is 1.49. The third kappa shape index (κ3) is 4.41. The van der Waals surface area contributed by atoms with Gasteiger partial charge in [-0.25, -0.2) is 4.98 Å². The third-order valence-corrected chi connectivity index (χ3v) is 2.37. The van der Waals surface area contributed by atoms with Gasteiger partial charge < -0.3 is 11.1 Å². The van der Waals surface area contributed by atoms with Crippen LogP contribution in [0.4, 0.5) is 5.82 Å². The van der Waals surface area contributed by atoms with Crippen LogP contribution < -0.4 is 11.1 Å². The Labute approximate surface area is 108 Å². The minimum atomic E-state index is -0.206. The molecular weight excluding hydrogens is 226 g/mol. The van der Waals surface area contributed by atoms with Gasteiger partial charge in [-0.3, -0.25) is 4.79 Å². The Kier molecular flexibility index (Phi) is 5.64. The summed E-state index contributed by atoms with van der Waals surface area (Å²) in [7, 11) is 0. The van der Waals surface area contributed by atoms with Crippen molar-refractivity contribution in [2.45, 2.75) is 20.3 Å². The number of nitrogens with zero attached hydrogens (tertiary/aromatic N) is 1. The van der Waals surface area contributed by atoms with Gasteiger partial charge >= 0.3 is 0 Å². The molecule has 1 amide bonds. The van der Waals surface area contributed by atoms with Gasteiger partial charge in [0.2, 0.25) is 0 Å². The van der Waals surface area contributed by atoms with Crippen molar-refractivity contribution < 1.29 is 4.79 Å². The molecule has 0 saturated carbocycles. The van der Waals surface area contributed by atoms with E-state index in [-0.39, 0.29) is 11.7 Å². The average molecular weight is 245 g/mol. The summed E-state index contributed by atoms with van der Waals surface area (Å²) >= 11 is 0. The Hall–Kier alpha value is -2.10. The fraction of sp³-hybridized carbons (Fsp3) is 0.286. The Morgan fingerprint density at radius 2 is 2.33 bits per heavy atom. The number of pyridine rings is 1. The Balaban J connectivity index is 2.48. The van der Waals surface area contributed by atoms with Gasteiger partial charge in [-0.05, 0) is 25.5 Å². The number of hydrogen-bond donors (Lipinski definition) is 2. The second-order valence-corrected chi connectivity index (χ2v) is 3.90. The number of carbonyl (C=O) groups is 1. The number of nitrogens with two attached hydrogens (primary N) is 1. The van der Waals surface area contributed by atoms with Gasteiger partial charge in [-0.15, -0.1) is 0 Å². The quantitative estimate of drug-likeness (QED) is 0.782. The number of nitrogen functional groups attached to an aromatic ring is 1. The van der Waals surface area contributed by atoms with Gasteiger partial charge in [-0.1, -0.05) is 30.7 Å². The van der Waals surface area contributed by atoms with E-state index in [0.29, 0.717) is 12.1 Å². The fourth-order valence-corrected chi connectivity index (χ4v) is 1.49. The van der Waals surface area contributed by atoms with Crippen LogP contribution in [-0.4, -0.2) is 17.4 Å². The Bertz CT molecular complexity index is 464. The van der Waals surface area contributed by atoms with Crippen LogP contribution in [0.2, 0.25) is 0 Å². The van der Waals surface area contributed by atoms with Crippen molar-refractivity contribution in [1.29, 1.82) is 0 Å². The standard InChI is InChI=1S/C14H19N3O/c1-3-6-11(2)7-4-10-17-14(18)12-8-5-9-16-13(12)15/h4-9H,3,10H2,1-2H3,(H2,15,16)(H,17,18)/b7-4+,11-6+. The summed E-state index contributed by atoms with van der Waals surface area (Å²) in [5.74, 6) is 0.0448. The van der Waals surface area contributed by atoms with E-state index in [0.717, 1.165) is 6.42 Å². The minimum absolute atomic E-state index is 0.206. The SMILES string of the molecule is CC/C=C(C)/C=C/CNC(=O)c1cccnc1N. The molecule has 0 bridgehead atoms. The average Bonchev–Trinajstić information content (AvgIpc) is 2.35. The molecule has 96 valence electrons. The first-order chi connectivity index (χ1) is 8.65. The molecule has 1 rings (SSSR count). The normalized spacial score (nSPS) is 11.8. The molecule has 3 N–H and O–H groups in total. The van der Waals surface area contributed by atoms with Crippen molar-refractivity contribution in [2.24, 2.45) is 0 Å². The molecular formula is C14H19N3O. The van der Waals surface area contributed by atoms with E-state index in [1.807, 2.05) is 19.1 Å². The topological polar surface area (TPSA) is 68.0 Å². The maximum atomic E-state index is 11.8. The molecule has 0 aliphatic rings. The van der Waals surface area contributed by atoms with Gasteiger partial charge in [0.05, 0.1) is 5.56 Å². The third-order valence-electron chi connectivity index (χ3n) is 2.37. The number of amides is 1. The molecule has 0 aromatic carbocycles. The lowest BCUT2D eigenvalue weighted by atomic mass is 10.2. The van der Waals surface area contributed by atoms with Crippen molar-refractivity contribution in [3.63, 3.8) is 0 Å². The van der Waals surface area contributed by atoms with Crippen LogP contribution in [-0.2, 0) is 0 Å². The van der Waals surface area contributed by atoms with E-state index in [4.69, 9.17) is 5.73 Å². The number of carbonyl (C=O) groups excluding carboxylic acids is 1. The molecule has 1 heterocycles. The zero-order valence-corrected chi connectivity index (χ0v) is 10.8. The predicted molar refractivity (Wildman–Crippen MR) is 74.2 cm³/mol. The van der Waals surface area contributed by atoms with E-state index < -0.39 is 0 Å². The monoisotopic (exact) mass is 245 g/mol. The second-order valence-electron chi connectivity index (χ2n) is 3.90. The lowest BCUT2D eigenvalue weighted by molar-refractivity contribution is 0.0958. The minimum Gasteiger partial charge on any atom is -0.383 e. The number of nitrogens with one attached hydrogen (secondary N) is 1. The highest BCUT2D eigenvalue weighted by molar-refractivity contribution is 5.98. The highest BCUT2D eigenvalue weighted by atomic mass is 16.1. The molecule has 0 unspecified atom stereocenters. The van der Waals surface area contributed by atoms with Crippen LogP contribution in [0.25, 0.3) is 0 Å². The van der Waals surface area contributed by atoms with E-state index >= 15 is 0 Å². The van der Waals surface area contributed by atoms with Crippen LogP contribution in [0.5, 0.6) is 0 Å². The van der Waals surface area contributed by atoms with Crippen molar-refractivity contribution in [2.75, 3.05) is 12.3 Å². The van der Waals surface area contributed by atoms with E-state index in [9.17, 15) is 4.79 Å². The smallest absolute Gasteiger partial charge is 0.255 e. The lowest BCUT2D eigenvalue weighted by Crippen LogP contribution is -2.24.